The van der Waals surface area contributed by atoms with Gasteiger partial charge in [-0.15, -0.1) is 0 Å². The predicted molar refractivity (Wildman–Crippen MR) is 316 cm³/mol. The third kappa shape index (κ3) is 25.7. The summed E-state index contributed by atoms with van der Waals surface area (Å²) < 4.78 is 13.4. The minimum absolute atomic E-state index is 0.0247. The first-order chi connectivity index (χ1) is 43.8. The van der Waals surface area contributed by atoms with Crippen LogP contribution in [0.3, 0.4) is 0 Å². The van der Waals surface area contributed by atoms with Crippen LogP contribution in [0.1, 0.15) is 37.3 Å². The Kier molecular flexibility index (Phi) is 29.9. The van der Waals surface area contributed by atoms with E-state index in [4.69, 9.17) is 21.1 Å². The molecule has 12 N–H and O–H groups in total. The Hall–Kier alpha value is -9.94. The van der Waals surface area contributed by atoms with Gasteiger partial charge >= 0.3 is 65.1 Å². The molecule has 6 heterocycles. The second kappa shape index (κ2) is 36.8. The molecule has 4 aromatic rings. The molecule has 0 unspecified atom stereocenters. The Bertz CT molecular complexity index is 3550. The molecule has 4 aromatic heterocycles. The van der Waals surface area contributed by atoms with Gasteiger partial charge in [0.1, 0.15) is 22.7 Å². The van der Waals surface area contributed by atoms with Crippen molar-refractivity contribution < 1.29 is 92.5 Å². The standard InChI is InChI=1S/C26H39N9O12.C14H19N3O8.C12H18N6O3/c1-31-24-23(25(46)32(2)26(31)47)29-16(30-24)4-3-5-17(36)27-6-7-28-18(37)10-33(11-19(38)39)8-9-34(12-20(40)41)15-35(13-21(42)43)14-22(44)45;18-10(19)5-15(1-3-16-6-11(20)24-12(21)7-16)2-4-17-8-13(22)25-14(23)9-17;1-17-10-9(11(20)18(2)12(17)21)15-7(16-10)4-3-5-8(19)14-6-13/h3-15H2,1-2H3,(H,27,36)(H,28,37)(H,29,30)(H,38,39)(H,40,41)(H,42,43)(H,44,45);1-9H2,(H,18,19);3-6,13H2,1-2H3,(H,14,19)(H,15,16). The highest BCUT2D eigenvalue weighted by molar-refractivity contribution is 5.90. The number of carboxylic acid groups (broad SMARTS) is 5. The summed E-state index contributed by atoms with van der Waals surface area (Å²) >= 11 is 0. The van der Waals surface area contributed by atoms with Crippen LogP contribution in [0.4, 0.5) is 0 Å². The quantitative estimate of drug-likeness (QED) is 0.00882. The number of ether oxygens (including phenoxy) is 2. The van der Waals surface area contributed by atoms with Gasteiger partial charge in [-0.3, -0.25) is 115 Å². The van der Waals surface area contributed by atoms with Gasteiger partial charge in [0.15, 0.2) is 11.3 Å². The van der Waals surface area contributed by atoms with Gasteiger partial charge < -0.3 is 66.7 Å². The SMILES string of the molecule is Cn1c(=O)c2[nH]c(CCCC(=O)NCCNC(=O)CN(CCN(CC(=O)O)CN(CC(=O)O)CC(=O)O)CC(=O)O)nc2n(C)c1=O.Cn1c(=O)c2[nH]c(CCCC(=O)NCN)nc2n(C)c1=O.O=C(O)CN(CCN1CC(=O)OC(=O)C1)CCN1CC(=O)OC(=O)C1. The van der Waals surface area contributed by atoms with E-state index in [0.717, 1.165) is 14.0 Å². The molecular weight excluding hydrogens is 1240 g/mol. The summed E-state index contributed by atoms with van der Waals surface area (Å²) in [6.07, 6.45) is 2.21. The number of nitrogens with zero attached hydrogens (tertiary/aromatic N) is 12. The maximum Gasteiger partial charge on any atom is 0.332 e. The molecule has 2 saturated heterocycles. The van der Waals surface area contributed by atoms with Gasteiger partial charge in [-0.1, -0.05) is 0 Å². The number of aromatic amines is 2. The summed E-state index contributed by atoms with van der Waals surface area (Å²) in [6.45, 7) is -2.40. The van der Waals surface area contributed by atoms with Gasteiger partial charge in [-0.25, -0.2) is 19.6 Å². The number of nitrogens with one attached hydrogen (secondary N) is 5. The lowest BCUT2D eigenvalue weighted by molar-refractivity contribution is -0.168. The minimum Gasteiger partial charge on any atom is -0.480 e. The Balaban J connectivity index is 0.000000332. The van der Waals surface area contributed by atoms with Gasteiger partial charge in [0.25, 0.3) is 11.1 Å². The summed E-state index contributed by atoms with van der Waals surface area (Å²) in [5.74, 6) is -8.76. The third-order valence-electron chi connectivity index (χ3n) is 13.6. The van der Waals surface area contributed by atoms with Crippen LogP contribution in [0, 0.1) is 0 Å². The largest absolute Gasteiger partial charge is 0.480 e. The third-order valence-corrected chi connectivity index (χ3v) is 13.6. The zero-order valence-corrected chi connectivity index (χ0v) is 51.4. The number of fused-ring (bicyclic) bond motifs is 2. The molecule has 0 radical (unpaired) electrons. The van der Waals surface area contributed by atoms with Crippen LogP contribution < -0.4 is 44.2 Å². The normalized spacial score (nSPS) is 13.6. The molecule has 3 amide bonds. The summed E-state index contributed by atoms with van der Waals surface area (Å²) in [6, 6.07) is 0. The number of H-pyrrole nitrogens is 2. The smallest absolute Gasteiger partial charge is 0.332 e. The van der Waals surface area contributed by atoms with Crippen molar-refractivity contribution in [3.63, 3.8) is 0 Å². The highest BCUT2D eigenvalue weighted by Crippen LogP contribution is 2.10. The van der Waals surface area contributed by atoms with E-state index < -0.39 is 108 Å². The Morgan fingerprint density at radius 1 is 0.473 bits per heavy atom. The van der Waals surface area contributed by atoms with Crippen LogP contribution in [-0.2, 0) is 108 Å². The number of aromatic nitrogens is 8. The lowest BCUT2D eigenvalue weighted by Gasteiger charge is -2.30. The lowest BCUT2D eigenvalue weighted by Crippen LogP contribution is -2.49. The maximum absolute atomic E-state index is 12.5. The van der Waals surface area contributed by atoms with Crippen LogP contribution in [0.15, 0.2) is 19.2 Å². The second-order valence-corrected chi connectivity index (χ2v) is 21.1. The first kappa shape index (κ1) is 75.5. The number of carboxylic acids is 5. The number of carbonyl (C=O) groups is 12. The minimum atomic E-state index is -1.33. The molecule has 0 aromatic carbocycles. The van der Waals surface area contributed by atoms with Crippen molar-refractivity contribution in [3.8, 4) is 0 Å². The van der Waals surface area contributed by atoms with Crippen LogP contribution >= 0.6 is 0 Å². The van der Waals surface area contributed by atoms with Crippen molar-refractivity contribution in [2.45, 2.75) is 38.5 Å². The summed E-state index contributed by atoms with van der Waals surface area (Å²) in [5, 5.41) is 53.2. The van der Waals surface area contributed by atoms with Crippen LogP contribution in [0.2, 0.25) is 0 Å². The molecule has 512 valence electrons. The van der Waals surface area contributed by atoms with Gasteiger partial charge in [0.2, 0.25) is 17.7 Å². The predicted octanol–water partition coefficient (Wildman–Crippen LogP) is -8.82. The zero-order valence-electron chi connectivity index (χ0n) is 51.4. The molecule has 0 saturated carbocycles. The number of esters is 4. The fourth-order valence-electron chi connectivity index (χ4n) is 9.24. The maximum atomic E-state index is 12.5. The molecule has 0 atom stereocenters. The molecule has 93 heavy (non-hydrogen) atoms. The number of carbonyl (C=O) groups excluding carboxylic acids is 7. The summed E-state index contributed by atoms with van der Waals surface area (Å²) in [5.41, 5.74) is 4.36. The van der Waals surface area contributed by atoms with E-state index >= 15 is 0 Å². The van der Waals surface area contributed by atoms with Crippen molar-refractivity contribution in [2.75, 3.05) is 131 Å². The Morgan fingerprint density at radius 3 is 1.23 bits per heavy atom. The Labute approximate surface area is 525 Å². The Morgan fingerprint density at radius 2 is 0.828 bits per heavy atom. The van der Waals surface area contributed by atoms with Gasteiger partial charge in [-0.05, 0) is 12.8 Å². The van der Waals surface area contributed by atoms with Crippen LogP contribution in [0.5, 0.6) is 0 Å². The number of rotatable bonds is 35. The molecule has 41 heteroatoms. The van der Waals surface area contributed by atoms with E-state index in [0.29, 0.717) is 81.1 Å². The number of amides is 3. The van der Waals surface area contributed by atoms with E-state index in [-0.39, 0.29) is 108 Å². The number of hydrogen-bond donors (Lipinski definition) is 11. The molecule has 2 aliphatic heterocycles. The van der Waals surface area contributed by atoms with E-state index in [1.165, 1.54) is 40.1 Å². The van der Waals surface area contributed by atoms with Crippen LogP contribution in [-0.4, -0.2) is 296 Å². The molecular formula is C52H76N18O23. The van der Waals surface area contributed by atoms with Crippen molar-refractivity contribution in [3.05, 3.63) is 53.3 Å². The topological polar surface area (TPSA) is 551 Å². The van der Waals surface area contributed by atoms with E-state index in [2.05, 4.69) is 45.4 Å². The molecule has 2 fully saturated rings. The van der Waals surface area contributed by atoms with Gasteiger partial charge in [0, 0.05) is 106 Å². The van der Waals surface area contributed by atoms with E-state index in [9.17, 15) is 86.9 Å². The van der Waals surface area contributed by atoms with Crippen molar-refractivity contribution >= 4 is 93.8 Å². The number of hydrogen-bond acceptors (Lipinski definition) is 27. The summed E-state index contributed by atoms with van der Waals surface area (Å²) in [4.78, 5) is 207. The average molecular weight is 1320 g/mol. The van der Waals surface area contributed by atoms with Gasteiger partial charge in [-0.2, -0.15) is 0 Å². The number of cyclic esters (lactones) is 4. The number of morpholine rings is 2. The van der Waals surface area contributed by atoms with Crippen molar-refractivity contribution in [1.82, 2.24) is 83.6 Å². The number of aliphatic carboxylic acids is 5. The fraction of sp³-hybridized carbons (Fsp3) is 0.577. The highest BCUT2D eigenvalue weighted by Gasteiger charge is 2.28. The second-order valence-electron chi connectivity index (χ2n) is 21.1. The molecule has 6 rings (SSSR count). The monoisotopic (exact) mass is 1320 g/mol. The first-order valence-corrected chi connectivity index (χ1v) is 28.5. The average Bonchev–Trinajstić information content (AvgIpc) is 1.68. The molecule has 2 aliphatic rings. The van der Waals surface area contributed by atoms with E-state index in [1.807, 2.05) is 0 Å². The van der Waals surface area contributed by atoms with Crippen molar-refractivity contribution in [2.24, 2.45) is 33.9 Å². The molecule has 41 nitrogen and oxygen atoms in total. The van der Waals surface area contributed by atoms with E-state index in [1.54, 1.807) is 21.7 Å². The first-order valence-electron chi connectivity index (χ1n) is 28.5. The number of nitrogens with two attached hydrogens (primary N) is 1. The molecule has 0 aliphatic carbocycles. The highest BCUT2D eigenvalue weighted by atomic mass is 16.6. The van der Waals surface area contributed by atoms with Crippen LogP contribution in [0.25, 0.3) is 22.3 Å². The fourth-order valence-corrected chi connectivity index (χ4v) is 9.24. The number of aryl methyl sites for hydroxylation is 4. The summed E-state index contributed by atoms with van der Waals surface area (Å²) in [7, 11) is 5.83. The molecule has 0 spiro atoms. The number of imidazole rings is 2. The van der Waals surface area contributed by atoms with Gasteiger partial charge in [0.05, 0.1) is 78.8 Å². The lowest BCUT2D eigenvalue weighted by atomic mass is 10.2. The molecule has 0 bridgehead atoms. The zero-order chi connectivity index (χ0) is 69.2. The van der Waals surface area contributed by atoms with Crippen molar-refractivity contribution in [1.29, 1.82) is 0 Å².